The number of likely N-dealkylation sites (tertiary alicyclic amines) is 1. The number of nitrogens with two attached hydrogens (primary N) is 2. The third-order valence-electron chi connectivity index (χ3n) is 3.63. The van der Waals surface area contributed by atoms with Gasteiger partial charge in [-0.1, -0.05) is 0 Å². The lowest BCUT2D eigenvalue weighted by molar-refractivity contribution is -0.126. The highest BCUT2D eigenvalue weighted by Crippen LogP contribution is 2.30. The van der Waals surface area contributed by atoms with E-state index in [1.807, 2.05) is 12.3 Å². The molecular weight excluding hydrogens is 248 g/mol. The van der Waals surface area contributed by atoms with Crippen molar-refractivity contribution in [2.45, 2.75) is 19.9 Å². The van der Waals surface area contributed by atoms with E-state index in [9.17, 15) is 9.59 Å². The van der Waals surface area contributed by atoms with E-state index in [2.05, 4.69) is 4.90 Å². The smallest absolute Gasteiger partial charge is 0.301 e. The first kappa shape index (κ1) is 13.6. The number of rotatable bonds is 4. The molecule has 1 atom stereocenters. The first-order valence-corrected chi connectivity index (χ1v) is 6.06. The van der Waals surface area contributed by atoms with Gasteiger partial charge in [0.05, 0.1) is 11.7 Å². The van der Waals surface area contributed by atoms with Gasteiger partial charge in [-0.15, -0.1) is 0 Å². The average Bonchev–Trinajstić information content (AvgIpc) is 2.97. The molecule has 0 aromatic carbocycles. The summed E-state index contributed by atoms with van der Waals surface area (Å²) in [6.07, 6.45) is 2.17. The number of nitrogens with one attached hydrogen (secondary N) is 1. The quantitative estimate of drug-likeness (QED) is 0.389. The number of nitrogens with zero attached hydrogens (tertiary/aromatic N) is 1. The van der Waals surface area contributed by atoms with Crippen LogP contribution in [0.1, 0.15) is 29.5 Å². The topological polar surface area (TPSA) is 115 Å². The fraction of sp³-hybridized carbons (Fsp3) is 0.500. The monoisotopic (exact) mass is 266 g/mol. The molecule has 7 heteroatoms. The maximum absolute atomic E-state index is 11.5. The second-order valence-corrected chi connectivity index (χ2v) is 5.13. The molecule has 1 saturated heterocycles. The van der Waals surface area contributed by atoms with Crippen molar-refractivity contribution in [3.8, 4) is 0 Å². The predicted molar refractivity (Wildman–Crippen MR) is 67.6 cm³/mol. The van der Waals surface area contributed by atoms with Crippen LogP contribution in [0.3, 0.4) is 0 Å². The molecule has 1 unspecified atom stereocenters. The first-order chi connectivity index (χ1) is 8.96. The SMILES string of the molecule is CC1(C(N)=O)CCN(Cc2ccoc2C(=O)NN)C1. The molecular formula is C12H18N4O3. The van der Waals surface area contributed by atoms with Crippen molar-refractivity contribution < 1.29 is 14.0 Å². The summed E-state index contributed by atoms with van der Waals surface area (Å²) in [5, 5.41) is 0. The Morgan fingerprint density at radius 3 is 2.89 bits per heavy atom. The molecule has 1 fully saturated rings. The molecule has 0 radical (unpaired) electrons. The minimum absolute atomic E-state index is 0.204. The Kier molecular flexibility index (Phi) is 3.59. The van der Waals surface area contributed by atoms with Crippen molar-refractivity contribution in [1.29, 1.82) is 0 Å². The van der Waals surface area contributed by atoms with Crippen LogP contribution in [0.15, 0.2) is 16.7 Å². The standard InChI is InChI=1S/C12H18N4O3/c1-12(11(13)18)3-4-16(7-12)6-8-2-5-19-9(8)10(17)15-14/h2,5H,3-4,6-7,14H2,1H3,(H2,13,18)(H,15,17). The Morgan fingerprint density at radius 2 is 2.32 bits per heavy atom. The van der Waals surface area contributed by atoms with Gasteiger partial charge in [0, 0.05) is 18.7 Å². The molecule has 2 rings (SSSR count). The zero-order valence-electron chi connectivity index (χ0n) is 10.8. The van der Waals surface area contributed by atoms with Crippen molar-refractivity contribution in [2.24, 2.45) is 17.0 Å². The number of nitrogen functional groups attached to an aromatic ring is 1. The van der Waals surface area contributed by atoms with Crippen LogP contribution >= 0.6 is 0 Å². The minimum atomic E-state index is -0.500. The first-order valence-electron chi connectivity index (χ1n) is 6.06. The van der Waals surface area contributed by atoms with E-state index in [1.54, 1.807) is 6.07 Å². The molecule has 5 N–H and O–H groups in total. The van der Waals surface area contributed by atoms with Gasteiger partial charge in [0.25, 0.3) is 0 Å². The average molecular weight is 266 g/mol. The van der Waals surface area contributed by atoms with E-state index in [1.165, 1.54) is 6.26 Å². The van der Waals surface area contributed by atoms with Gasteiger partial charge < -0.3 is 10.2 Å². The van der Waals surface area contributed by atoms with Crippen LogP contribution in [0.25, 0.3) is 0 Å². The Balaban J connectivity index is 2.06. The Labute approximate surface area is 110 Å². The summed E-state index contributed by atoms with van der Waals surface area (Å²) < 4.78 is 5.12. The molecule has 2 amide bonds. The van der Waals surface area contributed by atoms with Gasteiger partial charge in [0.2, 0.25) is 5.91 Å². The van der Waals surface area contributed by atoms with Gasteiger partial charge >= 0.3 is 5.91 Å². The fourth-order valence-corrected chi connectivity index (χ4v) is 2.36. The van der Waals surface area contributed by atoms with Crippen molar-refractivity contribution in [3.05, 3.63) is 23.7 Å². The zero-order valence-corrected chi connectivity index (χ0v) is 10.8. The number of primary amides is 1. The highest BCUT2D eigenvalue weighted by molar-refractivity contribution is 5.92. The van der Waals surface area contributed by atoms with E-state index in [4.69, 9.17) is 16.0 Å². The third kappa shape index (κ3) is 2.61. The molecule has 1 aromatic heterocycles. The number of carbonyl (C=O) groups excluding carboxylic acids is 2. The molecule has 1 aliphatic rings. The maximum atomic E-state index is 11.5. The zero-order chi connectivity index (χ0) is 14.0. The number of hydrazine groups is 1. The van der Waals surface area contributed by atoms with Gasteiger partial charge in [-0.2, -0.15) is 0 Å². The molecule has 0 saturated carbocycles. The molecule has 2 heterocycles. The van der Waals surface area contributed by atoms with Crippen LogP contribution in [0.4, 0.5) is 0 Å². The second kappa shape index (κ2) is 5.02. The Hall–Kier alpha value is -1.86. The molecule has 0 bridgehead atoms. The number of hydrogen-bond donors (Lipinski definition) is 3. The molecule has 0 spiro atoms. The van der Waals surface area contributed by atoms with E-state index >= 15 is 0 Å². The highest BCUT2D eigenvalue weighted by Gasteiger charge is 2.39. The summed E-state index contributed by atoms with van der Waals surface area (Å²) >= 11 is 0. The molecule has 104 valence electrons. The summed E-state index contributed by atoms with van der Waals surface area (Å²) in [5.41, 5.74) is 7.69. The normalized spacial score (nSPS) is 23.5. The van der Waals surface area contributed by atoms with Gasteiger partial charge in [0.15, 0.2) is 5.76 Å². The van der Waals surface area contributed by atoms with Crippen LogP contribution < -0.4 is 17.0 Å². The van der Waals surface area contributed by atoms with E-state index in [0.29, 0.717) is 13.1 Å². The summed E-state index contributed by atoms with van der Waals surface area (Å²) in [5.74, 6) is 4.54. The summed E-state index contributed by atoms with van der Waals surface area (Å²) in [4.78, 5) is 24.9. The van der Waals surface area contributed by atoms with E-state index < -0.39 is 11.3 Å². The third-order valence-corrected chi connectivity index (χ3v) is 3.63. The minimum Gasteiger partial charge on any atom is -0.459 e. The summed E-state index contributed by atoms with van der Waals surface area (Å²) in [7, 11) is 0. The van der Waals surface area contributed by atoms with Crippen molar-refractivity contribution in [3.63, 3.8) is 0 Å². The van der Waals surface area contributed by atoms with Gasteiger partial charge in [-0.25, -0.2) is 5.84 Å². The van der Waals surface area contributed by atoms with Crippen molar-refractivity contribution >= 4 is 11.8 Å². The van der Waals surface area contributed by atoms with E-state index in [0.717, 1.165) is 18.5 Å². The molecule has 0 aliphatic carbocycles. The summed E-state index contributed by atoms with van der Waals surface area (Å²) in [6, 6.07) is 1.73. The van der Waals surface area contributed by atoms with E-state index in [-0.39, 0.29) is 11.7 Å². The maximum Gasteiger partial charge on any atom is 0.301 e. The number of carbonyl (C=O) groups is 2. The fourth-order valence-electron chi connectivity index (χ4n) is 2.36. The second-order valence-electron chi connectivity index (χ2n) is 5.13. The molecule has 1 aromatic rings. The summed E-state index contributed by atoms with van der Waals surface area (Å²) in [6.45, 7) is 3.73. The lowest BCUT2D eigenvalue weighted by Gasteiger charge is -2.20. The van der Waals surface area contributed by atoms with Crippen LogP contribution in [0.2, 0.25) is 0 Å². The molecule has 1 aliphatic heterocycles. The largest absolute Gasteiger partial charge is 0.459 e. The van der Waals surface area contributed by atoms with Crippen LogP contribution in [-0.2, 0) is 11.3 Å². The highest BCUT2D eigenvalue weighted by atomic mass is 16.3. The van der Waals surface area contributed by atoms with Crippen LogP contribution in [-0.4, -0.2) is 29.8 Å². The van der Waals surface area contributed by atoms with Crippen molar-refractivity contribution in [1.82, 2.24) is 10.3 Å². The van der Waals surface area contributed by atoms with Crippen LogP contribution in [0.5, 0.6) is 0 Å². The Bertz CT molecular complexity index is 499. The molecule has 19 heavy (non-hydrogen) atoms. The van der Waals surface area contributed by atoms with Gasteiger partial charge in [-0.05, 0) is 26.0 Å². The van der Waals surface area contributed by atoms with Crippen LogP contribution in [0, 0.1) is 5.41 Å². The number of furan rings is 1. The van der Waals surface area contributed by atoms with Gasteiger partial charge in [0.1, 0.15) is 0 Å². The Morgan fingerprint density at radius 1 is 1.58 bits per heavy atom. The number of hydrogen-bond acceptors (Lipinski definition) is 5. The molecule has 7 nitrogen and oxygen atoms in total. The van der Waals surface area contributed by atoms with Crippen molar-refractivity contribution in [2.75, 3.05) is 13.1 Å². The number of amides is 2. The van der Waals surface area contributed by atoms with Gasteiger partial charge in [-0.3, -0.25) is 19.9 Å². The lowest BCUT2D eigenvalue weighted by Crippen LogP contribution is -2.37. The lowest BCUT2D eigenvalue weighted by atomic mass is 9.89. The predicted octanol–water partition coefficient (Wildman–Crippen LogP) is -0.420.